The number of benzene rings is 3. The van der Waals surface area contributed by atoms with Crippen LogP contribution in [0.4, 0.5) is 0 Å². The minimum absolute atomic E-state index is 0.215. The highest BCUT2D eigenvalue weighted by Crippen LogP contribution is 2.27. The first-order valence-corrected chi connectivity index (χ1v) is 9.62. The highest BCUT2D eigenvalue weighted by Gasteiger charge is 2.11. The Kier molecular flexibility index (Phi) is 5.38. The van der Waals surface area contributed by atoms with E-state index in [0.29, 0.717) is 22.3 Å². The van der Waals surface area contributed by atoms with Gasteiger partial charge in [-0.1, -0.05) is 53.5 Å². The molecule has 3 nitrogen and oxygen atoms in total. The number of hydrogen-bond donors (Lipinski definition) is 0. The number of rotatable bonds is 5. The van der Waals surface area contributed by atoms with E-state index in [2.05, 4.69) is 4.57 Å². The van der Waals surface area contributed by atoms with Gasteiger partial charge < -0.3 is 9.30 Å². The molecular weight excluding hydrogens is 393 g/mol. The number of nitrogens with zero attached hydrogens (tertiary/aromatic N) is 1. The molecule has 1 aromatic heterocycles. The maximum atomic E-state index is 12.2. The number of ether oxygens (including phenoxy) is 1. The van der Waals surface area contributed by atoms with Crippen LogP contribution in [0.15, 0.2) is 79.0 Å². The smallest absolute Gasteiger partial charge is 0.315 e. The second kappa shape index (κ2) is 8.09. The lowest BCUT2D eigenvalue weighted by atomic mass is 10.1. The summed E-state index contributed by atoms with van der Waals surface area (Å²) in [6.07, 6.45) is 2.21. The van der Waals surface area contributed by atoms with Gasteiger partial charge in [0.15, 0.2) is 0 Å². The van der Waals surface area contributed by atoms with Crippen molar-refractivity contribution in [2.75, 3.05) is 0 Å². The molecule has 5 heteroatoms. The molecule has 4 aromatic rings. The molecular formula is C23H17Cl2NO2. The molecule has 0 amide bonds. The first kappa shape index (κ1) is 18.6. The average Bonchev–Trinajstić information content (AvgIpc) is 3.07. The SMILES string of the molecule is O=C(Cc1ccc2c(ccn2Cc2c(Cl)cccc2Cl)c1)Oc1ccccc1. The van der Waals surface area contributed by atoms with Crippen molar-refractivity contribution < 1.29 is 9.53 Å². The molecule has 0 aliphatic rings. The van der Waals surface area contributed by atoms with Crippen LogP contribution in [-0.2, 0) is 17.8 Å². The van der Waals surface area contributed by atoms with Gasteiger partial charge in [0.2, 0.25) is 0 Å². The molecule has 1 heterocycles. The van der Waals surface area contributed by atoms with E-state index in [4.69, 9.17) is 27.9 Å². The summed E-state index contributed by atoms with van der Waals surface area (Å²) < 4.78 is 7.46. The monoisotopic (exact) mass is 409 g/mol. The zero-order valence-electron chi connectivity index (χ0n) is 14.9. The van der Waals surface area contributed by atoms with Crippen LogP contribution in [0.3, 0.4) is 0 Å². The summed E-state index contributed by atoms with van der Waals surface area (Å²) in [6.45, 7) is 0.581. The lowest BCUT2D eigenvalue weighted by molar-refractivity contribution is -0.133. The van der Waals surface area contributed by atoms with Crippen molar-refractivity contribution in [2.45, 2.75) is 13.0 Å². The Hall–Kier alpha value is -2.75. The van der Waals surface area contributed by atoms with E-state index in [1.807, 2.05) is 66.9 Å². The van der Waals surface area contributed by atoms with Crippen LogP contribution in [-0.4, -0.2) is 10.5 Å². The number of aromatic nitrogens is 1. The van der Waals surface area contributed by atoms with Gasteiger partial charge in [0.25, 0.3) is 0 Å². The maximum absolute atomic E-state index is 12.2. The van der Waals surface area contributed by atoms with Crippen molar-refractivity contribution in [3.8, 4) is 5.75 Å². The van der Waals surface area contributed by atoms with Gasteiger partial charge in [-0.3, -0.25) is 4.79 Å². The van der Waals surface area contributed by atoms with Crippen molar-refractivity contribution >= 4 is 40.1 Å². The van der Waals surface area contributed by atoms with Crippen molar-refractivity contribution in [2.24, 2.45) is 0 Å². The zero-order chi connectivity index (χ0) is 19.5. The molecule has 28 heavy (non-hydrogen) atoms. The fourth-order valence-electron chi connectivity index (χ4n) is 3.17. The van der Waals surface area contributed by atoms with Gasteiger partial charge in [0, 0.05) is 27.3 Å². The summed E-state index contributed by atoms with van der Waals surface area (Å²) in [4.78, 5) is 12.2. The first-order valence-electron chi connectivity index (χ1n) is 8.86. The van der Waals surface area contributed by atoms with Gasteiger partial charge in [-0.25, -0.2) is 0 Å². The molecule has 0 fully saturated rings. The molecule has 0 radical (unpaired) electrons. The standard InChI is InChI=1S/C23H17Cl2NO2/c24-20-7-4-8-21(25)19(20)15-26-12-11-17-13-16(9-10-22(17)26)14-23(27)28-18-5-2-1-3-6-18/h1-13H,14-15H2. The van der Waals surface area contributed by atoms with Gasteiger partial charge >= 0.3 is 5.97 Å². The van der Waals surface area contributed by atoms with E-state index in [9.17, 15) is 4.79 Å². The number of fused-ring (bicyclic) bond motifs is 1. The van der Waals surface area contributed by atoms with E-state index in [-0.39, 0.29) is 12.4 Å². The maximum Gasteiger partial charge on any atom is 0.315 e. The molecule has 0 aliphatic heterocycles. The van der Waals surface area contributed by atoms with Crippen molar-refractivity contribution in [1.29, 1.82) is 0 Å². The summed E-state index contributed by atoms with van der Waals surface area (Å²) in [5.41, 5.74) is 2.84. The molecule has 0 spiro atoms. The minimum atomic E-state index is -0.284. The Morgan fingerprint density at radius 1 is 0.893 bits per heavy atom. The van der Waals surface area contributed by atoms with Crippen LogP contribution < -0.4 is 4.74 Å². The number of halogens is 2. The number of carbonyl (C=O) groups excluding carboxylic acids is 1. The summed E-state index contributed by atoms with van der Waals surface area (Å²) in [5, 5.41) is 2.34. The summed E-state index contributed by atoms with van der Waals surface area (Å²) in [7, 11) is 0. The predicted molar refractivity (Wildman–Crippen MR) is 113 cm³/mol. The van der Waals surface area contributed by atoms with Crippen LogP contribution in [0.1, 0.15) is 11.1 Å². The summed E-state index contributed by atoms with van der Waals surface area (Å²) in [5.74, 6) is 0.268. The van der Waals surface area contributed by atoms with Crippen LogP contribution in [0, 0.1) is 0 Å². The third-order valence-corrected chi connectivity index (χ3v) is 5.26. The molecule has 0 aliphatic carbocycles. The molecule has 4 rings (SSSR count). The zero-order valence-corrected chi connectivity index (χ0v) is 16.5. The normalized spacial score (nSPS) is 10.9. The second-order valence-electron chi connectivity index (χ2n) is 6.50. The van der Waals surface area contributed by atoms with Crippen LogP contribution in [0.25, 0.3) is 10.9 Å². The highest BCUT2D eigenvalue weighted by molar-refractivity contribution is 6.36. The third-order valence-electron chi connectivity index (χ3n) is 4.55. The lowest BCUT2D eigenvalue weighted by Gasteiger charge is -2.10. The van der Waals surface area contributed by atoms with Gasteiger partial charge in [-0.15, -0.1) is 0 Å². The van der Waals surface area contributed by atoms with Gasteiger partial charge in [-0.2, -0.15) is 0 Å². The Morgan fingerprint density at radius 2 is 1.64 bits per heavy atom. The number of para-hydroxylation sites is 1. The number of hydrogen-bond acceptors (Lipinski definition) is 2. The Labute approximate surface area is 173 Å². The van der Waals surface area contributed by atoms with Crippen molar-refractivity contribution in [3.05, 3.63) is 100 Å². The fraction of sp³-hybridized carbons (Fsp3) is 0.0870. The van der Waals surface area contributed by atoms with E-state index < -0.39 is 0 Å². The Balaban J connectivity index is 1.52. The molecule has 0 bridgehead atoms. The van der Waals surface area contributed by atoms with Gasteiger partial charge in [0.05, 0.1) is 13.0 Å². The van der Waals surface area contributed by atoms with E-state index in [1.54, 1.807) is 12.1 Å². The largest absolute Gasteiger partial charge is 0.426 e. The minimum Gasteiger partial charge on any atom is -0.426 e. The van der Waals surface area contributed by atoms with Gasteiger partial charge in [0.1, 0.15) is 5.75 Å². The Bertz CT molecular complexity index is 1120. The van der Waals surface area contributed by atoms with Gasteiger partial charge in [-0.05, 0) is 53.4 Å². The molecule has 0 atom stereocenters. The highest BCUT2D eigenvalue weighted by atomic mass is 35.5. The van der Waals surface area contributed by atoms with E-state index in [0.717, 1.165) is 22.0 Å². The van der Waals surface area contributed by atoms with Crippen molar-refractivity contribution in [3.63, 3.8) is 0 Å². The van der Waals surface area contributed by atoms with E-state index >= 15 is 0 Å². The molecule has 0 N–H and O–H groups in total. The summed E-state index contributed by atoms with van der Waals surface area (Å²) >= 11 is 12.6. The Morgan fingerprint density at radius 3 is 2.39 bits per heavy atom. The third kappa shape index (κ3) is 4.06. The van der Waals surface area contributed by atoms with Crippen LogP contribution >= 0.6 is 23.2 Å². The number of carbonyl (C=O) groups is 1. The topological polar surface area (TPSA) is 31.2 Å². The molecule has 3 aromatic carbocycles. The van der Waals surface area contributed by atoms with Crippen LogP contribution in [0.2, 0.25) is 10.0 Å². The van der Waals surface area contributed by atoms with Crippen molar-refractivity contribution in [1.82, 2.24) is 4.57 Å². The first-order chi connectivity index (χ1) is 13.6. The fourth-order valence-corrected chi connectivity index (χ4v) is 3.69. The second-order valence-corrected chi connectivity index (χ2v) is 7.32. The van der Waals surface area contributed by atoms with E-state index in [1.165, 1.54) is 0 Å². The number of esters is 1. The predicted octanol–water partition coefficient (Wildman–Crippen LogP) is 6.14. The summed E-state index contributed by atoms with van der Waals surface area (Å²) in [6, 6.07) is 22.6. The average molecular weight is 410 g/mol. The quantitative estimate of drug-likeness (QED) is 0.292. The lowest BCUT2D eigenvalue weighted by Crippen LogP contribution is -2.11. The molecule has 140 valence electrons. The van der Waals surface area contributed by atoms with Crippen LogP contribution in [0.5, 0.6) is 5.75 Å². The molecule has 0 unspecified atom stereocenters. The molecule has 0 saturated carbocycles. The molecule has 0 saturated heterocycles.